The summed E-state index contributed by atoms with van der Waals surface area (Å²) in [6, 6.07) is 5.74. The van der Waals surface area contributed by atoms with Crippen LogP contribution in [0.5, 0.6) is 0 Å². The normalized spacial score (nSPS) is 22.3. The van der Waals surface area contributed by atoms with Crippen LogP contribution in [-0.2, 0) is 17.5 Å². The van der Waals surface area contributed by atoms with E-state index in [1.807, 2.05) is 11.9 Å². The van der Waals surface area contributed by atoms with Crippen molar-refractivity contribution >= 4 is 40.3 Å². The Hall–Kier alpha value is -1.22. The molecule has 1 aromatic carbocycles. The lowest BCUT2D eigenvalue weighted by Gasteiger charge is -2.31. The molecule has 1 atom stereocenters. The van der Waals surface area contributed by atoms with E-state index in [0.717, 1.165) is 24.1 Å². The monoisotopic (exact) mass is 493 g/mol. The molecule has 2 aliphatic rings. The smallest absolute Gasteiger partial charge is 0.333 e. The van der Waals surface area contributed by atoms with E-state index in [1.165, 1.54) is 42.7 Å². The lowest BCUT2D eigenvalue weighted by atomic mass is 10.1. The number of thioether (sulfide) groups is 1. The van der Waals surface area contributed by atoms with Crippen molar-refractivity contribution in [1.29, 1.82) is 0 Å². The van der Waals surface area contributed by atoms with Gasteiger partial charge in [-0.2, -0.15) is 13.2 Å². The van der Waals surface area contributed by atoms with Crippen LogP contribution in [0.1, 0.15) is 49.7 Å². The van der Waals surface area contributed by atoms with Crippen molar-refractivity contribution in [2.45, 2.75) is 63.5 Å². The molecule has 2 fully saturated rings. The van der Waals surface area contributed by atoms with Crippen LogP contribution >= 0.6 is 28.7 Å². The number of hydrogen-bond acceptors (Lipinski definition) is 3. The number of rotatable bonds is 5. The minimum absolute atomic E-state index is 0. The Kier molecular flexibility index (Phi) is 8.88. The first-order valence-corrected chi connectivity index (χ1v) is 10.7. The number of aliphatic imine (C=N–C) groups is 1. The van der Waals surface area contributed by atoms with Crippen LogP contribution in [0, 0.1) is 0 Å². The minimum Gasteiger partial charge on any atom is -0.333 e. The third-order valence-corrected chi connectivity index (χ3v) is 6.54. The minimum atomic E-state index is -4.44. The maximum absolute atomic E-state index is 13.3. The van der Waals surface area contributed by atoms with Gasteiger partial charge < -0.3 is 9.80 Å². The maximum atomic E-state index is 13.3. The molecule has 1 saturated heterocycles. The molecular formula is C20H27BrF3N3OS. The summed E-state index contributed by atoms with van der Waals surface area (Å²) in [5.41, 5.74) is -0.586. The van der Waals surface area contributed by atoms with Crippen LogP contribution in [-0.4, -0.2) is 46.4 Å². The summed E-state index contributed by atoms with van der Waals surface area (Å²) in [6.45, 7) is -0.0779. The SMILES string of the molecule is Br.CN1C(=NC2CCCCCC2)SCC1N(C=O)Cc1ccccc1C(F)(F)F. The Morgan fingerprint density at radius 2 is 1.86 bits per heavy atom. The predicted octanol–water partition coefficient (Wildman–Crippen LogP) is 5.33. The van der Waals surface area contributed by atoms with Crippen molar-refractivity contribution in [1.82, 2.24) is 9.80 Å². The maximum Gasteiger partial charge on any atom is 0.416 e. The van der Waals surface area contributed by atoms with Crippen LogP contribution in [0.15, 0.2) is 29.3 Å². The molecule has 3 rings (SSSR count). The zero-order valence-electron chi connectivity index (χ0n) is 16.4. The third-order valence-electron chi connectivity index (χ3n) is 5.42. The Bertz CT molecular complexity index is 708. The van der Waals surface area contributed by atoms with Crippen LogP contribution in [0.25, 0.3) is 0 Å². The van der Waals surface area contributed by atoms with Crippen molar-refractivity contribution in [2.75, 3.05) is 12.8 Å². The summed E-state index contributed by atoms with van der Waals surface area (Å²) < 4.78 is 39.8. The molecule has 0 aromatic heterocycles. The van der Waals surface area contributed by atoms with Gasteiger partial charge in [0, 0.05) is 19.3 Å². The fourth-order valence-corrected chi connectivity index (χ4v) is 5.09. The number of benzene rings is 1. The van der Waals surface area contributed by atoms with Gasteiger partial charge in [-0.1, -0.05) is 55.6 Å². The second kappa shape index (κ2) is 10.7. The molecule has 0 radical (unpaired) electrons. The van der Waals surface area contributed by atoms with Crippen molar-refractivity contribution in [3.8, 4) is 0 Å². The second-order valence-corrected chi connectivity index (χ2v) is 8.38. The lowest BCUT2D eigenvalue weighted by molar-refractivity contribution is -0.139. The fraction of sp³-hybridized carbons (Fsp3) is 0.600. The standard InChI is InChI=1S/C20H26F3N3OS.BrH/c1-25-18(13-28-19(25)24-16-9-4-2-3-5-10-16)26(14-27)12-15-8-6-7-11-17(15)20(21,22)23;/h6-8,11,14,16,18H,2-5,9-10,12-13H2,1H3;1H. The van der Waals surface area contributed by atoms with Crippen molar-refractivity contribution in [3.63, 3.8) is 0 Å². The predicted molar refractivity (Wildman–Crippen MR) is 116 cm³/mol. The van der Waals surface area contributed by atoms with Gasteiger partial charge in [0.1, 0.15) is 6.17 Å². The molecule has 1 saturated carbocycles. The molecule has 1 amide bonds. The molecule has 9 heteroatoms. The molecule has 1 heterocycles. The van der Waals surface area contributed by atoms with Gasteiger partial charge in [-0.3, -0.25) is 9.79 Å². The number of nitrogens with zero attached hydrogens (tertiary/aromatic N) is 3. The molecule has 1 aliphatic carbocycles. The Balaban J connectivity index is 0.00000300. The number of halogens is 4. The highest BCUT2D eigenvalue weighted by Crippen LogP contribution is 2.34. The average Bonchev–Trinajstić information content (AvgIpc) is 2.85. The van der Waals surface area contributed by atoms with Gasteiger partial charge in [-0.15, -0.1) is 17.0 Å². The van der Waals surface area contributed by atoms with E-state index in [0.29, 0.717) is 18.2 Å². The molecule has 29 heavy (non-hydrogen) atoms. The molecule has 1 unspecified atom stereocenters. The van der Waals surface area contributed by atoms with Crippen LogP contribution < -0.4 is 0 Å². The summed E-state index contributed by atoms with van der Waals surface area (Å²) in [5.74, 6) is 0.606. The molecule has 0 spiro atoms. The number of amides is 1. The first kappa shape index (κ1) is 24.1. The molecule has 4 nitrogen and oxygen atoms in total. The van der Waals surface area contributed by atoms with E-state index >= 15 is 0 Å². The molecule has 1 aromatic rings. The second-order valence-electron chi connectivity index (χ2n) is 7.39. The van der Waals surface area contributed by atoms with Gasteiger partial charge in [0.2, 0.25) is 6.41 Å². The van der Waals surface area contributed by atoms with Gasteiger partial charge in [0.15, 0.2) is 5.17 Å². The summed E-state index contributed by atoms with van der Waals surface area (Å²) in [6.07, 6.45) is 2.96. The van der Waals surface area contributed by atoms with Crippen molar-refractivity contribution in [3.05, 3.63) is 35.4 Å². The van der Waals surface area contributed by atoms with Gasteiger partial charge in [0.25, 0.3) is 0 Å². The first-order valence-electron chi connectivity index (χ1n) is 9.69. The van der Waals surface area contributed by atoms with Crippen LogP contribution in [0.3, 0.4) is 0 Å². The Morgan fingerprint density at radius 1 is 1.21 bits per heavy atom. The van der Waals surface area contributed by atoms with Gasteiger partial charge in [-0.25, -0.2) is 0 Å². The largest absolute Gasteiger partial charge is 0.416 e. The fourth-order valence-electron chi connectivity index (χ4n) is 3.82. The van der Waals surface area contributed by atoms with Gasteiger partial charge in [0.05, 0.1) is 11.6 Å². The highest BCUT2D eigenvalue weighted by Gasteiger charge is 2.36. The highest BCUT2D eigenvalue weighted by atomic mass is 79.9. The third kappa shape index (κ3) is 6.13. The Morgan fingerprint density at radius 3 is 2.48 bits per heavy atom. The first-order chi connectivity index (χ1) is 13.4. The zero-order valence-corrected chi connectivity index (χ0v) is 18.9. The summed E-state index contributed by atoms with van der Waals surface area (Å²) in [4.78, 5) is 20.0. The average molecular weight is 494 g/mol. The number of hydrogen-bond donors (Lipinski definition) is 0. The molecule has 162 valence electrons. The van der Waals surface area contributed by atoms with E-state index in [-0.39, 0.29) is 35.3 Å². The molecular weight excluding hydrogens is 467 g/mol. The van der Waals surface area contributed by atoms with Gasteiger partial charge >= 0.3 is 6.18 Å². The van der Waals surface area contributed by atoms with Crippen molar-refractivity contribution in [2.24, 2.45) is 4.99 Å². The van der Waals surface area contributed by atoms with E-state index in [4.69, 9.17) is 4.99 Å². The van der Waals surface area contributed by atoms with E-state index in [2.05, 4.69) is 0 Å². The quantitative estimate of drug-likeness (QED) is 0.411. The Labute approximate surface area is 184 Å². The van der Waals surface area contributed by atoms with Crippen LogP contribution in [0.2, 0.25) is 0 Å². The summed E-state index contributed by atoms with van der Waals surface area (Å²) in [7, 11) is 1.87. The van der Waals surface area contributed by atoms with Gasteiger partial charge in [-0.05, 0) is 24.5 Å². The van der Waals surface area contributed by atoms with E-state index in [9.17, 15) is 18.0 Å². The lowest BCUT2D eigenvalue weighted by Crippen LogP contribution is -2.45. The summed E-state index contributed by atoms with van der Waals surface area (Å²) in [5, 5.41) is 0.882. The molecule has 0 N–H and O–H groups in total. The number of carbonyl (C=O) groups excluding carboxylic acids is 1. The topological polar surface area (TPSA) is 35.9 Å². The number of amidine groups is 1. The number of alkyl halides is 3. The zero-order chi connectivity index (χ0) is 20.1. The van der Waals surface area contributed by atoms with Crippen LogP contribution in [0.4, 0.5) is 13.2 Å². The van der Waals surface area contributed by atoms with E-state index in [1.54, 1.807) is 17.8 Å². The van der Waals surface area contributed by atoms with E-state index < -0.39 is 11.7 Å². The molecule has 1 aliphatic heterocycles. The highest BCUT2D eigenvalue weighted by molar-refractivity contribution is 8.93. The van der Waals surface area contributed by atoms with Crippen molar-refractivity contribution < 1.29 is 18.0 Å². The summed E-state index contributed by atoms with van der Waals surface area (Å²) >= 11 is 1.58. The number of carbonyl (C=O) groups is 1. The molecule has 0 bridgehead atoms.